The summed E-state index contributed by atoms with van der Waals surface area (Å²) in [6.07, 6.45) is 0. The van der Waals surface area contributed by atoms with E-state index in [1.807, 2.05) is 73.7 Å². The minimum atomic E-state index is -0.215. The summed E-state index contributed by atoms with van der Waals surface area (Å²) in [7, 11) is 0. The summed E-state index contributed by atoms with van der Waals surface area (Å²) in [5.41, 5.74) is 3.44. The van der Waals surface area contributed by atoms with Gasteiger partial charge in [0.15, 0.2) is 6.61 Å². The van der Waals surface area contributed by atoms with Crippen LogP contribution in [0.4, 0.5) is 5.69 Å². The van der Waals surface area contributed by atoms with Gasteiger partial charge in [-0.25, -0.2) is 0 Å². The van der Waals surface area contributed by atoms with E-state index in [9.17, 15) is 4.79 Å². The van der Waals surface area contributed by atoms with Gasteiger partial charge in [-0.1, -0.05) is 53.7 Å². The van der Waals surface area contributed by atoms with Crippen molar-refractivity contribution in [3.8, 4) is 28.6 Å². The summed E-state index contributed by atoms with van der Waals surface area (Å²) < 4.78 is 10.9. The lowest BCUT2D eigenvalue weighted by molar-refractivity contribution is -0.118. The molecule has 1 heterocycles. The highest BCUT2D eigenvalue weighted by Crippen LogP contribution is 2.24. The molecule has 0 spiro atoms. The van der Waals surface area contributed by atoms with Crippen LogP contribution in [0.25, 0.3) is 22.8 Å². The molecule has 0 aliphatic carbocycles. The zero-order chi connectivity index (χ0) is 20.1. The van der Waals surface area contributed by atoms with E-state index in [1.165, 1.54) is 0 Å². The second kappa shape index (κ2) is 8.39. The number of hydrogen-bond acceptors (Lipinski definition) is 5. The van der Waals surface area contributed by atoms with Crippen LogP contribution in [-0.4, -0.2) is 22.7 Å². The Hall–Kier alpha value is -3.93. The van der Waals surface area contributed by atoms with E-state index in [4.69, 9.17) is 9.26 Å². The Morgan fingerprint density at radius 3 is 2.41 bits per heavy atom. The molecule has 6 heteroatoms. The number of hydrogen-bond donors (Lipinski definition) is 1. The third-order valence-electron chi connectivity index (χ3n) is 4.35. The summed E-state index contributed by atoms with van der Waals surface area (Å²) in [4.78, 5) is 16.5. The molecule has 4 aromatic rings. The number of amides is 1. The number of aryl methyl sites for hydroxylation is 1. The molecule has 1 N–H and O–H groups in total. The number of para-hydroxylation sites is 1. The molecule has 29 heavy (non-hydrogen) atoms. The van der Waals surface area contributed by atoms with Crippen molar-refractivity contribution in [1.29, 1.82) is 0 Å². The van der Waals surface area contributed by atoms with Crippen molar-refractivity contribution in [3.63, 3.8) is 0 Å². The predicted molar refractivity (Wildman–Crippen MR) is 110 cm³/mol. The van der Waals surface area contributed by atoms with Crippen molar-refractivity contribution in [2.75, 3.05) is 11.9 Å². The topological polar surface area (TPSA) is 77.2 Å². The van der Waals surface area contributed by atoms with E-state index in [-0.39, 0.29) is 12.5 Å². The first-order valence-corrected chi connectivity index (χ1v) is 9.17. The number of carbonyl (C=O) groups is 1. The number of nitrogens with one attached hydrogen (secondary N) is 1. The van der Waals surface area contributed by atoms with E-state index < -0.39 is 0 Å². The van der Waals surface area contributed by atoms with Gasteiger partial charge in [0.05, 0.1) is 0 Å². The van der Waals surface area contributed by atoms with Crippen LogP contribution in [0.3, 0.4) is 0 Å². The molecule has 1 aromatic heterocycles. The van der Waals surface area contributed by atoms with Crippen LogP contribution in [0.1, 0.15) is 5.56 Å². The van der Waals surface area contributed by atoms with Crippen molar-refractivity contribution in [3.05, 3.63) is 84.4 Å². The summed E-state index contributed by atoms with van der Waals surface area (Å²) in [5, 5.41) is 6.86. The van der Waals surface area contributed by atoms with E-state index in [1.54, 1.807) is 12.1 Å². The molecule has 0 unspecified atom stereocenters. The molecule has 3 aromatic carbocycles. The highest BCUT2D eigenvalue weighted by molar-refractivity contribution is 5.92. The average Bonchev–Trinajstić information content (AvgIpc) is 3.25. The molecule has 0 aliphatic heterocycles. The van der Waals surface area contributed by atoms with Gasteiger partial charge < -0.3 is 14.6 Å². The van der Waals surface area contributed by atoms with Crippen LogP contribution in [-0.2, 0) is 4.79 Å². The monoisotopic (exact) mass is 385 g/mol. The first-order chi connectivity index (χ1) is 14.2. The number of nitrogens with zero attached hydrogens (tertiary/aromatic N) is 2. The van der Waals surface area contributed by atoms with Crippen molar-refractivity contribution in [2.24, 2.45) is 0 Å². The third-order valence-corrected chi connectivity index (χ3v) is 4.35. The van der Waals surface area contributed by atoms with Gasteiger partial charge in [-0.3, -0.25) is 4.79 Å². The Morgan fingerprint density at radius 2 is 1.66 bits per heavy atom. The fraction of sp³-hybridized carbons (Fsp3) is 0.0870. The number of anilines is 1. The van der Waals surface area contributed by atoms with Crippen LogP contribution >= 0.6 is 0 Å². The Kier molecular flexibility index (Phi) is 5.33. The summed E-state index contributed by atoms with van der Waals surface area (Å²) in [6.45, 7) is 1.86. The Labute approximate surface area is 168 Å². The molecule has 4 rings (SSSR count). The van der Waals surface area contributed by atoms with Crippen LogP contribution in [0, 0.1) is 6.92 Å². The molecule has 144 valence electrons. The van der Waals surface area contributed by atoms with E-state index in [0.29, 0.717) is 17.5 Å². The second-order valence-electron chi connectivity index (χ2n) is 6.47. The van der Waals surface area contributed by atoms with Gasteiger partial charge in [0, 0.05) is 16.8 Å². The summed E-state index contributed by atoms with van der Waals surface area (Å²) in [6, 6.07) is 24.4. The lowest BCUT2D eigenvalue weighted by atomic mass is 10.2. The predicted octanol–water partition coefficient (Wildman–Crippen LogP) is 4.73. The molecular weight excluding hydrogens is 366 g/mol. The van der Waals surface area contributed by atoms with Crippen LogP contribution in [0.2, 0.25) is 0 Å². The lowest BCUT2D eigenvalue weighted by Gasteiger charge is -2.09. The summed E-state index contributed by atoms with van der Waals surface area (Å²) in [5.74, 6) is 1.32. The quantitative estimate of drug-likeness (QED) is 0.519. The molecule has 0 aliphatic rings. The van der Waals surface area contributed by atoms with Crippen LogP contribution in [0.5, 0.6) is 5.75 Å². The van der Waals surface area contributed by atoms with Gasteiger partial charge in [0.25, 0.3) is 11.8 Å². The molecule has 0 saturated carbocycles. The number of benzene rings is 3. The molecular formula is C23H19N3O3. The largest absolute Gasteiger partial charge is 0.484 e. The van der Waals surface area contributed by atoms with Crippen molar-refractivity contribution >= 4 is 11.6 Å². The molecule has 0 bridgehead atoms. The van der Waals surface area contributed by atoms with Crippen molar-refractivity contribution in [2.45, 2.75) is 6.92 Å². The van der Waals surface area contributed by atoms with Crippen LogP contribution < -0.4 is 10.1 Å². The van der Waals surface area contributed by atoms with Crippen molar-refractivity contribution < 1.29 is 14.1 Å². The van der Waals surface area contributed by atoms with Gasteiger partial charge in [0.2, 0.25) is 5.82 Å². The van der Waals surface area contributed by atoms with Gasteiger partial charge >= 0.3 is 0 Å². The number of aromatic nitrogens is 2. The molecule has 0 atom stereocenters. The van der Waals surface area contributed by atoms with Gasteiger partial charge in [-0.15, -0.1) is 0 Å². The lowest BCUT2D eigenvalue weighted by Crippen LogP contribution is -2.20. The molecule has 6 nitrogen and oxygen atoms in total. The number of carbonyl (C=O) groups excluding carboxylic acids is 1. The first kappa shape index (κ1) is 18.4. The highest BCUT2D eigenvalue weighted by Gasteiger charge is 2.11. The Morgan fingerprint density at radius 1 is 0.931 bits per heavy atom. The van der Waals surface area contributed by atoms with E-state index in [0.717, 1.165) is 22.4 Å². The maximum atomic E-state index is 12.1. The highest BCUT2D eigenvalue weighted by atomic mass is 16.5. The maximum absolute atomic E-state index is 12.1. The normalized spacial score (nSPS) is 10.5. The molecule has 0 saturated heterocycles. The minimum absolute atomic E-state index is 0.0770. The van der Waals surface area contributed by atoms with E-state index >= 15 is 0 Å². The maximum Gasteiger partial charge on any atom is 0.262 e. The second-order valence-corrected chi connectivity index (χ2v) is 6.47. The molecule has 0 fully saturated rings. The average molecular weight is 385 g/mol. The standard InChI is InChI=1S/C23H19N3O3/c1-16-7-5-6-10-20(16)24-21(27)15-28-19-13-11-18(12-14-19)23-25-22(26-29-23)17-8-3-2-4-9-17/h2-14H,15H2,1H3,(H,24,27). The smallest absolute Gasteiger partial charge is 0.262 e. The van der Waals surface area contributed by atoms with Gasteiger partial charge in [-0.05, 0) is 42.8 Å². The summed E-state index contributed by atoms with van der Waals surface area (Å²) >= 11 is 0. The fourth-order valence-corrected chi connectivity index (χ4v) is 2.79. The van der Waals surface area contributed by atoms with E-state index in [2.05, 4.69) is 15.5 Å². The number of rotatable bonds is 6. The van der Waals surface area contributed by atoms with Crippen molar-refractivity contribution in [1.82, 2.24) is 10.1 Å². The van der Waals surface area contributed by atoms with Gasteiger partial charge in [-0.2, -0.15) is 4.98 Å². The third kappa shape index (κ3) is 4.50. The number of ether oxygens (including phenoxy) is 1. The molecule has 0 radical (unpaired) electrons. The Balaban J connectivity index is 1.37. The first-order valence-electron chi connectivity index (χ1n) is 9.17. The minimum Gasteiger partial charge on any atom is -0.484 e. The van der Waals surface area contributed by atoms with Gasteiger partial charge in [0.1, 0.15) is 5.75 Å². The fourth-order valence-electron chi connectivity index (χ4n) is 2.79. The zero-order valence-corrected chi connectivity index (χ0v) is 15.8. The Bertz CT molecular complexity index is 1110. The zero-order valence-electron chi connectivity index (χ0n) is 15.8. The van der Waals surface area contributed by atoms with Crippen LogP contribution in [0.15, 0.2) is 83.4 Å². The SMILES string of the molecule is Cc1ccccc1NC(=O)COc1ccc(-c2nc(-c3ccccc3)no2)cc1. The molecule has 1 amide bonds.